The van der Waals surface area contributed by atoms with E-state index < -0.39 is 0 Å². The van der Waals surface area contributed by atoms with E-state index in [1.54, 1.807) is 0 Å². The number of aliphatic hydroxyl groups is 1. The molecule has 16 heavy (non-hydrogen) atoms. The molecule has 1 saturated heterocycles. The zero-order valence-electron chi connectivity index (χ0n) is 9.08. The van der Waals surface area contributed by atoms with Crippen LogP contribution in [0.4, 0.5) is 0 Å². The summed E-state index contributed by atoms with van der Waals surface area (Å²) in [4.78, 5) is 0. The van der Waals surface area contributed by atoms with Crippen LogP contribution in [0.2, 0.25) is 5.02 Å². The van der Waals surface area contributed by atoms with Crippen LogP contribution in [0.15, 0.2) is 24.3 Å². The van der Waals surface area contributed by atoms with Gasteiger partial charge in [0, 0.05) is 11.6 Å². The first kappa shape index (κ1) is 11.9. The Morgan fingerprint density at radius 2 is 2.12 bits per heavy atom. The molecule has 3 nitrogen and oxygen atoms in total. The summed E-state index contributed by atoms with van der Waals surface area (Å²) in [6, 6.07) is 7.70. The van der Waals surface area contributed by atoms with E-state index in [1.165, 1.54) is 0 Å². The maximum atomic E-state index is 9.49. The molecule has 0 bridgehead atoms. The number of nitrogens with one attached hydrogen (secondary N) is 1. The average Bonchev–Trinajstić information content (AvgIpc) is 2.33. The van der Waals surface area contributed by atoms with Crippen LogP contribution in [0.5, 0.6) is 0 Å². The monoisotopic (exact) mass is 241 g/mol. The van der Waals surface area contributed by atoms with E-state index in [-0.39, 0.29) is 12.1 Å². The first-order valence-corrected chi connectivity index (χ1v) is 5.80. The summed E-state index contributed by atoms with van der Waals surface area (Å²) in [6.07, 6.45) is 0.751. The molecule has 0 aromatic heterocycles. The van der Waals surface area contributed by atoms with Gasteiger partial charge in [-0.1, -0.05) is 23.7 Å². The number of rotatable bonds is 3. The van der Waals surface area contributed by atoms with Gasteiger partial charge in [0.05, 0.1) is 25.4 Å². The quantitative estimate of drug-likeness (QED) is 0.837. The van der Waals surface area contributed by atoms with E-state index in [0.717, 1.165) is 23.6 Å². The molecule has 1 aliphatic heterocycles. The summed E-state index contributed by atoms with van der Waals surface area (Å²) in [5.74, 6) is 0. The minimum Gasteiger partial charge on any atom is -0.394 e. The van der Waals surface area contributed by atoms with Crippen molar-refractivity contribution in [1.82, 2.24) is 5.32 Å². The van der Waals surface area contributed by atoms with Crippen molar-refractivity contribution in [3.63, 3.8) is 0 Å². The summed E-state index contributed by atoms with van der Waals surface area (Å²) >= 11 is 5.83. The van der Waals surface area contributed by atoms with Gasteiger partial charge in [-0.2, -0.15) is 0 Å². The Morgan fingerprint density at radius 1 is 1.38 bits per heavy atom. The van der Waals surface area contributed by atoms with E-state index >= 15 is 0 Å². The van der Waals surface area contributed by atoms with Gasteiger partial charge in [0.2, 0.25) is 0 Å². The van der Waals surface area contributed by atoms with Crippen molar-refractivity contribution in [3.05, 3.63) is 34.9 Å². The predicted octanol–water partition coefficient (Wildman–Crippen LogP) is 1.23. The smallest absolute Gasteiger partial charge is 0.0692 e. The second-order valence-corrected chi connectivity index (χ2v) is 4.66. The number of hydrogen-bond donors (Lipinski definition) is 2. The Bertz CT molecular complexity index is 333. The largest absolute Gasteiger partial charge is 0.394 e. The molecule has 1 fully saturated rings. The highest BCUT2D eigenvalue weighted by atomic mass is 35.5. The van der Waals surface area contributed by atoms with Crippen molar-refractivity contribution in [3.8, 4) is 0 Å². The number of halogens is 1. The zero-order valence-corrected chi connectivity index (χ0v) is 9.83. The van der Waals surface area contributed by atoms with E-state index in [4.69, 9.17) is 16.3 Å². The summed E-state index contributed by atoms with van der Waals surface area (Å²) in [7, 11) is 0. The standard InChI is InChI=1S/C12H16ClNO2/c13-11-3-1-10(2-4-11)7-12(8-15)9-16-6-5-14-12/h1-4,14-15H,5-9H2. The molecule has 1 unspecified atom stereocenters. The summed E-state index contributed by atoms with van der Waals surface area (Å²) in [5.41, 5.74) is 0.808. The molecule has 1 atom stereocenters. The summed E-state index contributed by atoms with van der Waals surface area (Å²) < 4.78 is 5.42. The van der Waals surface area contributed by atoms with Gasteiger partial charge in [-0.3, -0.25) is 0 Å². The highest BCUT2D eigenvalue weighted by molar-refractivity contribution is 6.30. The molecule has 1 aromatic rings. The van der Waals surface area contributed by atoms with Crippen molar-refractivity contribution in [2.45, 2.75) is 12.0 Å². The molecule has 2 N–H and O–H groups in total. The first-order chi connectivity index (χ1) is 7.74. The van der Waals surface area contributed by atoms with Gasteiger partial charge in [-0.25, -0.2) is 0 Å². The lowest BCUT2D eigenvalue weighted by molar-refractivity contribution is -0.000717. The molecule has 4 heteroatoms. The van der Waals surface area contributed by atoms with E-state index in [1.807, 2.05) is 24.3 Å². The third-order valence-electron chi connectivity index (χ3n) is 2.88. The molecule has 0 aliphatic carbocycles. The van der Waals surface area contributed by atoms with Gasteiger partial charge < -0.3 is 15.2 Å². The van der Waals surface area contributed by atoms with Gasteiger partial charge in [-0.05, 0) is 24.1 Å². The average molecular weight is 242 g/mol. The summed E-state index contributed by atoms with van der Waals surface area (Å²) in [6.45, 7) is 2.12. The second-order valence-electron chi connectivity index (χ2n) is 4.22. The molecule has 1 aliphatic rings. The SMILES string of the molecule is OCC1(Cc2ccc(Cl)cc2)COCCN1. The Hall–Kier alpha value is -0.610. The van der Waals surface area contributed by atoms with Crippen LogP contribution < -0.4 is 5.32 Å². The van der Waals surface area contributed by atoms with E-state index in [2.05, 4.69) is 5.32 Å². The highest BCUT2D eigenvalue weighted by Crippen LogP contribution is 2.18. The molecule has 0 amide bonds. The fourth-order valence-corrected chi connectivity index (χ4v) is 2.10. The highest BCUT2D eigenvalue weighted by Gasteiger charge is 2.31. The van der Waals surface area contributed by atoms with Crippen LogP contribution in [0.1, 0.15) is 5.56 Å². The van der Waals surface area contributed by atoms with Gasteiger partial charge >= 0.3 is 0 Å². The first-order valence-electron chi connectivity index (χ1n) is 5.42. The fraction of sp³-hybridized carbons (Fsp3) is 0.500. The van der Waals surface area contributed by atoms with Crippen LogP contribution in [-0.4, -0.2) is 37.0 Å². The third kappa shape index (κ3) is 2.74. The lowest BCUT2D eigenvalue weighted by Gasteiger charge is -2.36. The number of ether oxygens (including phenoxy) is 1. The maximum Gasteiger partial charge on any atom is 0.0692 e. The molecular weight excluding hydrogens is 226 g/mol. The molecule has 0 spiro atoms. The van der Waals surface area contributed by atoms with Crippen molar-refractivity contribution in [1.29, 1.82) is 0 Å². The van der Waals surface area contributed by atoms with Crippen molar-refractivity contribution in [2.75, 3.05) is 26.4 Å². The van der Waals surface area contributed by atoms with Crippen LogP contribution in [0, 0.1) is 0 Å². The van der Waals surface area contributed by atoms with Crippen molar-refractivity contribution >= 4 is 11.6 Å². The predicted molar refractivity (Wildman–Crippen MR) is 63.8 cm³/mol. The van der Waals surface area contributed by atoms with Crippen molar-refractivity contribution < 1.29 is 9.84 Å². The maximum absolute atomic E-state index is 9.49. The molecule has 1 heterocycles. The van der Waals surface area contributed by atoms with E-state index in [9.17, 15) is 5.11 Å². The van der Waals surface area contributed by atoms with Crippen LogP contribution in [0.25, 0.3) is 0 Å². The van der Waals surface area contributed by atoms with Crippen LogP contribution >= 0.6 is 11.6 Å². The van der Waals surface area contributed by atoms with Crippen LogP contribution in [-0.2, 0) is 11.2 Å². The lowest BCUT2D eigenvalue weighted by Crippen LogP contribution is -2.58. The Morgan fingerprint density at radius 3 is 2.69 bits per heavy atom. The Balaban J connectivity index is 2.08. The minimum atomic E-state index is -0.341. The van der Waals surface area contributed by atoms with Gasteiger partial charge in [-0.15, -0.1) is 0 Å². The second kappa shape index (κ2) is 5.15. The zero-order chi connectivity index (χ0) is 11.4. The molecule has 0 saturated carbocycles. The molecule has 88 valence electrons. The van der Waals surface area contributed by atoms with E-state index in [0.29, 0.717) is 13.2 Å². The molecule has 0 radical (unpaired) electrons. The van der Waals surface area contributed by atoms with Crippen LogP contribution in [0.3, 0.4) is 0 Å². The Labute approximate surface area is 100 Å². The number of morpholine rings is 1. The normalized spacial score (nSPS) is 25.6. The van der Waals surface area contributed by atoms with Gasteiger partial charge in [0.1, 0.15) is 0 Å². The van der Waals surface area contributed by atoms with Gasteiger partial charge in [0.15, 0.2) is 0 Å². The minimum absolute atomic E-state index is 0.0790. The number of benzene rings is 1. The number of hydrogen-bond acceptors (Lipinski definition) is 3. The van der Waals surface area contributed by atoms with Gasteiger partial charge in [0.25, 0.3) is 0 Å². The third-order valence-corrected chi connectivity index (χ3v) is 3.14. The summed E-state index contributed by atoms with van der Waals surface area (Å²) in [5, 5.41) is 13.6. The van der Waals surface area contributed by atoms with Crippen molar-refractivity contribution in [2.24, 2.45) is 0 Å². The Kier molecular flexibility index (Phi) is 3.82. The fourth-order valence-electron chi connectivity index (χ4n) is 1.97. The molecular formula is C12H16ClNO2. The molecule has 2 rings (SSSR count). The lowest BCUT2D eigenvalue weighted by atomic mass is 9.91. The number of aliphatic hydroxyl groups excluding tert-OH is 1. The topological polar surface area (TPSA) is 41.5 Å². The molecule has 1 aromatic carbocycles.